The molecule has 0 aromatic heterocycles. The van der Waals surface area contributed by atoms with Crippen molar-refractivity contribution in [2.75, 3.05) is 12.8 Å². The number of ether oxygens (including phenoxy) is 2. The molecule has 0 saturated heterocycles. The number of nitrogens with two attached hydrogens (primary N) is 1. The Kier molecular flexibility index (Phi) is 3.81. The number of nitrogen functional groups attached to an aromatic ring is 1. The zero-order valence-electron chi connectivity index (χ0n) is 11.7. The number of rotatable bonds is 3. The second-order valence-corrected chi connectivity index (χ2v) is 4.55. The van der Waals surface area contributed by atoms with Crippen molar-refractivity contribution in [1.29, 1.82) is 5.26 Å². The number of hydrogen-bond donors (Lipinski definition) is 1. The van der Waals surface area contributed by atoms with E-state index >= 15 is 0 Å². The van der Waals surface area contributed by atoms with Crippen molar-refractivity contribution in [2.45, 2.75) is 13.8 Å². The van der Waals surface area contributed by atoms with Crippen LogP contribution in [0.2, 0.25) is 0 Å². The minimum Gasteiger partial charge on any atom is -0.497 e. The highest BCUT2D eigenvalue weighted by Crippen LogP contribution is 2.32. The Bertz CT molecular complexity index is 688. The number of nitrogens with zero attached hydrogens (tertiary/aromatic N) is 1. The van der Waals surface area contributed by atoms with Gasteiger partial charge in [-0.15, -0.1) is 0 Å². The molecule has 0 atom stereocenters. The number of methoxy groups -OCH3 is 1. The van der Waals surface area contributed by atoms with Gasteiger partial charge in [-0.2, -0.15) is 5.26 Å². The van der Waals surface area contributed by atoms with Crippen LogP contribution in [0.1, 0.15) is 16.7 Å². The van der Waals surface area contributed by atoms with Crippen LogP contribution in [-0.2, 0) is 0 Å². The van der Waals surface area contributed by atoms with Crippen molar-refractivity contribution < 1.29 is 9.47 Å². The minimum absolute atomic E-state index is 0.448. The first-order chi connectivity index (χ1) is 9.55. The summed E-state index contributed by atoms with van der Waals surface area (Å²) in [6.45, 7) is 3.88. The van der Waals surface area contributed by atoms with E-state index in [1.807, 2.05) is 19.9 Å². The zero-order valence-corrected chi connectivity index (χ0v) is 11.7. The monoisotopic (exact) mass is 268 g/mol. The number of nitriles is 1. The van der Waals surface area contributed by atoms with Gasteiger partial charge in [-0.25, -0.2) is 0 Å². The average Bonchev–Trinajstić information content (AvgIpc) is 2.44. The fourth-order valence-corrected chi connectivity index (χ4v) is 1.88. The molecule has 0 saturated carbocycles. The molecule has 4 heteroatoms. The Balaban J connectivity index is 2.44. The van der Waals surface area contributed by atoms with Gasteiger partial charge < -0.3 is 15.2 Å². The van der Waals surface area contributed by atoms with Gasteiger partial charge in [0.05, 0.1) is 12.7 Å². The Morgan fingerprint density at radius 3 is 2.45 bits per heavy atom. The van der Waals surface area contributed by atoms with Gasteiger partial charge in [0.1, 0.15) is 23.3 Å². The Morgan fingerprint density at radius 1 is 1.05 bits per heavy atom. The molecule has 0 bridgehead atoms. The molecule has 2 rings (SSSR count). The van der Waals surface area contributed by atoms with Crippen molar-refractivity contribution in [3.05, 3.63) is 47.0 Å². The molecule has 0 amide bonds. The van der Waals surface area contributed by atoms with E-state index in [0.717, 1.165) is 11.1 Å². The van der Waals surface area contributed by atoms with E-state index in [9.17, 15) is 0 Å². The van der Waals surface area contributed by atoms with Gasteiger partial charge in [0.15, 0.2) is 0 Å². The zero-order chi connectivity index (χ0) is 14.7. The van der Waals surface area contributed by atoms with Gasteiger partial charge in [0, 0.05) is 17.8 Å². The van der Waals surface area contributed by atoms with Crippen LogP contribution in [-0.4, -0.2) is 7.11 Å². The van der Waals surface area contributed by atoms with Crippen molar-refractivity contribution >= 4 is 5.69 Å². The largest absolute Gasteiger partial charge is 0.497 e. The molecule has 2 aromatic rings. The Labute approximate surface area is 118 Å². The lowest BCUT2D eigenvalue weighted by Crippen LogP contribution is -1.96. The maximum absolute atomic E-state index is 9.13. The van der Waals surface area contributed by atoms with Crippen LogP contribution in [0.3, 0.4) is 0 Å². The summed E-state index contributed by atoms with van der Waals surface area (Å²) in [5, 5.41) is 9.13. The summed E-state index contributed by atoms with van der Waals surface area (Å²) in [5.74, 6) is 1.73. The van der Waals surface area contributed by atoms with Crippen LogP contribution in [0, 0.1) is 25.2 Å². The molecule has 2 aromatic carbocycles. The lowest BCUT2D eigenvalue weighted by atomic mass is 10.1. The summed E-state index contributed by atoms with van der Waals surface area (Å²) in [4.78, 5) is 0. The maximum Gasteiger partial charge on any atom is 0.148 e. The third kappa shape index (κ3) is 2.67. The van der Waals surface area contributed by atoms with Gasteiger partial charge in [-0.3, -0.25) is 0 Å². The fourth-order valence-electron chi connectivity index (χ4n) is 1.88. The highest BCUT2D eigenvalue weighted by molar-refractivity contribution is 5.56. The molecule has 0 aliphatic carbocycles. The average molecular weight is 268 g/mol. The smallest absolute Gasteiger partial charge is 0.148 e. The number of aryl methyl sites for hydroxylation is 2. The molecule has 0 heterocycles. The number of anilines is 1. The van der Waals surface area contributed by atoms with Gasteiger partial charge in [0.25, 0.3) is 0 Å². The van der Waals surface area contributed by atoms with E-state index in [0.29, 0.717) is 28.5 Å². The third-order valence-electron chi connectivity index (χ3n) is 3.09. The van der Waals surface area contributed by atoms with Gasteiger partial charge in [-0.1, -0.05) is 6.07 Å². The van der Waals surface area contributed by atoms with E-state index in [2.05, 4.69) is 6.07 Å². The summed E-state index contributed by atoms with van der Waals surface area (Å²) in [6, 6.07) is 10.9. The van der Waals surface area contributed by atoms with Crippen molar-refractivity contribution in [3.63, 3.8) is 0 Å². The summed E-state index contributed by atoms with van der Waals surface area (Å²) in [7, 11) is 1.57. The minimum atomic E-state index is 0.448. The summed E-state index contributed by atoms with van der Waals surface area (Å²) >= 11 is 0. The number of hydrogen-bond acceptors (Lipinski definition) is 4. The molecule has 0 aliphatic rings. The predicted molar refractivity (Wildman–Crippen MR) is 78.1 cm³/mol. The van der Waals surface area contributed by atoms with E-state index in [1.165, 1.54) is 0 Å². The molecule has 0 fully saturated rings. The van der Waals surface area contributed by atoms with Gasteiger partial charge in [0.2, 0.25) is 0 Å². The maximum atomic E-state index is 9.13. The first-order valence-electron chi connectivity index (χ1n) is 6.18. The lowest BCUT2D eigenvalue weighted by molar-refractivity contribution is 0.408. The summed E-state index contributed by atoms with van der Waals surface area (Å²) < 4.78 is 11.0. The molecule has 102 valence electrons. The topological polar surface area (TPSA) is 68.3 Å². The van der Waals surface area contributed by atoms with Crippen LogP contribution >= 0.6 is 0 Å². The van der Waals surface area contributed by atoms with Crippen LogP contribution in [0.15, 0.2) is 30.3 Å². The van der Waals surface area contributed by atoms with Gasteiger partial charge >= 0.3 is 0 Å². The molecule has 4 nitrogen and oxygen atoms in total. The van der Waals surface area contributed by atoms with Crippen LogP contribution in [0.25, 0.3) is 0 Å². The SMILES string of the molecule is COc1ccc(C#N)c(Oc2cc(N)c(C)cc2C)c1. The van der Waals surface area contributed by atoms with Crippen LogP contribution in [0.5, 0.6) is 17.2 Å². The van der Waals surface area contributed by atoms with E-state index in [4.69, 9.17) is 20.5 Å². The third-order valence-corrected chi connectivity index (χ3v) is 3.09. The fraction of sp³-hybridized carbons (Fsp3) is 0.188. The first kappa shape index (κ1) is 13.8. The first-order valence-corrected chi connectivity index (χ1v) is 6.18. The van der Waals surface area contributed by atoms with Crippen molar-refractivity contribution in [3.8, 4) is 23.3 Å². The van der Waals surface area contributed by atoms with Gasteiger partial charge in [-0.05, 0) is 37.1 Å². The quantitative estimate of drug-likeness (QED) is 0.864. The van der Waals surface area contributed by atoms with Crippen LogP contribution in [0.4, 0.5) is 5.69 Å². The summed E-state index contributed by atoms with van der Waals surface area (Å²) in [6.07, 6.45) is 0. The highest BCUT2D eigenvalue weighted by Gasteiger charge is 2.10. The van der Waals surface area contributed by atoms with Crippen LogP contribution < -0.4 is 15.2 Å². The molecule has 20 heavy (non-hydrogen) atoms. The molecule has 0 spiro atoms. The van der Waals surface area contributed by atoms with Crippen molar-refractivity contribution in [2.24, 2.45) is 0 Å². The summed E-state index contributed by atoms with van der Waals surface area (Å²) in [5.41, 5.74) is 8.97. The molecule has 0 unspecified atom stereocenters. The molecule has 2 N–H and O–H groups in total. The van der Waals surface area contributed by atoms with E-state index in [1.54, 1.807) is 31.4 Å². The molecular formula is C16H16N2O2. The second kappa shape index (κ2) is 5.54. The van der Waals surface area contributed by atoms with E-state index in [-0.39, 0.29) is 0 Å². The highest BCUT2D eigenvalue weighted by atomic mass is 16.5. The molecular weight excluding hydrogens is 252 g/mol. The Hall–Kier alpha value is -2.67. The van der Waals surface area contributed by atoms with E-state index < -0.39 is 0 Å². The standard InChI is InChI=1S/C16H16N2O2/c1-10-6-11(2)15(8-14(10)18)20-16-7-13(19-3)5-4-12(16)9-17/h4-8H,18H2,1-3H3. The number of benzene rings is 2. The second-order valence-electron chi connectivity index (χ2n) is 4.55. The predicted octanol–water partition coefficient (Wildman–Crippen LogP) is 3.56. The molecule has 0 aliphatic heterocycles. The van der Waals surface area contributed by atoms with Crippen molar-refractivity contribution in [1.82, 2.24) is 0 Å². The lowest BCUT2D eigenvalue weighted by Gasteiger charge is -2.13. The molecule has 0 radical (unpaired) electrons. The Morgan fingerprint density at radius 2 is 1.80 bits per heavy atom. The normalized spacial score (nSPS) is 9.90.